The first-order chi connectivity index (χ1) is 15.0. The summed E-state index contributed by atoms with van der Waals surface area (Å²) in [5.41, 5.74) is 1.57. The third-order valence-electron chi connectivity index (χ3n) is 4.15. The Morgan fingerprint density at radius 2 is 1.72 bits per heavy atom. The number of hydrogen-bond acceptors (Lipinski definition) is 8. The molecule has 0 saturated carbocycles. The molecule has 32 heavy (non-hydrogen) atoms. The number of nitro groups is 1. The average molecular weight is 497 g/mol. The molecule has 168 valence electrons. The zero-order valence-corrected chi connectivity index (χ0v) is 18.8. The highest BCUT2D eigenvalue weighted by Crippen LogP contribution is 2.23. The zero-order chi connectivity index (χ0) is 23.5. The van der Waals surface area contributed by atoms with E-state index in [9.17, 15) is 31.7 Å². The maximum atomic E-state index is 12.6. The van der Waals surface area contributed by atoms with Gasteiger partial charge in [-0.25, -0.2) is 16.8 Å². The minimum absolute atomic E-state index is 0.0366. The van der Waals surface area contributed by atoms with E-state index in [-0.39, 0.29) is 21.0 Å². The van der Waals surface area contributed by atoms with Crippen LogP contribution >= 0.6 is 11.3 Å². The second-order valence-electron chi connectivity index (χ2n) is 6.35. The van der Waals surface area contributed by atoms with Crippen LogP contribution in [0, 0.1) is 17.0 Å². The third-order valence-corrected chi connectivity index (χ3v) is 8.30. The fraction of sp³-hybridized carbons (Fsp3) is 0.0556. The smallest absolute Gasteiger partial charge is 0.271 e. The van der Waals surface area contributed by atoms with E-state index in [2.05, 4.69) is 4.72 Å². The molecule has 3 aromatic rings. The zero-order valence-electron chi connectivity index (χ0n) is 16.3. The normalized spacial score (nSPS) is 11.7. The van der Waals surface area contributed by atoms with Crippen LogP contribution in [-0.2, 0) is 20.0 Å². The van der Waals surface area contributed by atoms with Crippen molar-refractivity contribution in [3.05, 3.63) is 81.2 Å². The summed E-state index contributed by atoms with van der Waals surface area (Å²) in [5.74, 6) is -0.943. The van der Waals surface area contributed by atoms with Crippen LogP contribution in [0.5, 0.6) is 0 Å². The molecule has 0 bridgehead atoms. The van der Waals surface area contributed by atoms with Gasteiger partial charge in [-0.05, 0) is 36.1 Å². The molecule has 11 nitrogen and oxygen atoms in total. The van der Waals surface area contributed by atoms with Crippen LogP contribution in [0.25, 0.3) is 0 Å². The monoisotopic (exact) mass is 496 g/mol. The number of non-ortho nitro benzene ring substituents is 1. The van der Waals surface area contributed by atoms with E-state index in [0.717, 1.165) is 23.5 Å². The number of amides is 1. The number of nitrogens with zero attached hydrogens (tertiary/aromatic N) is 1. The topological polar surface area (TPSA) is 165 Å². The predicted octanol–water partition coefficient (Wildman–Crippen LogP) is 2.39. The number of hydrazine groups is 1. The Labute approximate surface area is 187 Å². The molecular formula is C18H16N4O7S3. The van der Waals surface area contributed by atoms with Gasteiger partial charge in [0, 0.05) is 12.1 Å². The van der Waals surface area contributed by atoms with E-state index in [1.165, 1.54) is 43.3 Å². The maximum absolute atomic E-state index is 12.6. The first kappa shape index (κ1) is 23.3. The summed E-state index contributed by atoms with van der Waals surface area (Å²) in [6.07, 6.45) is 0. The van der Waals surface area contributed by atoms with E-state index in [4.69, 9.17) is 0 Å². The summed E-state index contributed by atoms with van der Waals surface area (Å²) in [7, 11) is -8.30. The molecule has 0 fully saturated rings. The fourth-order valence-electron chi connectivity index (χ4n) is 2.61. The van der Waals surface area contributed by atoms with E-state index < -0.39 is 41.5 Å². The molecule has 2 aromatic carbocycles. The quantitative estimate of drug-likeness (QED) is 0.318. The van der Waals surface area contributed by atoms with Crippen LogP contribution in [0.1, 0.15) is 15.9 Å². The number of thiophene rings is 1. The van der Waals surface area contributed by atoms with Crippen LogP contribution in [0.2, 0.25) is 0 Å². The van der Waals surface area contributed by atoms with Gasteiger partial charge in [0.05, 0.1) is 21.1 Å². The molecule has 0 unspecified atom stereocenters. The number of aryl methyl sites for hydroxylation is 1. The van der Waals surface area contributed by atoms with E-state index in [1.807, 2.05) is 10.3 Å². The Balaban J connectivity index is 1.82. The molecule has 0 saturated heterocycles. The Bertz CT molecular complexity index is 1390. The summed E-state index contributed by atoms with van der Waals surface area (Å²) in [4.78, 5) is 24.3. The molecule has 3 rings (SSSR count). The molecule has 1 aromatic heterocycles. The second-order valence-corrected chi connectivity index (χ2v) is 10.9. The Morgan fingerprint density at radius 3 is 2.38 bits per heavy atom. The fourth-order valence-corrected chi connectivity index (χ4v) is 5.79. The summed E-state index contributed by atoms with van der Waals surface area (Å²) in [5, 5.41) is 12.5. The van der Waals surface area contributed by atoms with Crippen molar-refractivity contribution in [2.45, 2.75) is 16.0 Å². The lowest BCUT2D eigenvalue weighted by Gasteiger charge is -2.13. The first-order valence-corrected chi connectivity index (χ1v) is 12.6. The molecule has 3 N–H and O–H groups in total. The number of nitrogens with one attached hydrogen (secondary N) is 3. The van der Waals surface area contributed by atoms with Crippen molar-refractivity contribution in [1.82, 2.24) is 10.3 Å². The van der Waals surface area contributed by atoms with Crippen molar-refractivity contribution in [2.75, 3.05) is 4.72 Å². The number of nitro benzene ring substituents is 1. The lowest BCUT2D eigenvalue weighted by Crippen LogP contribution is -2.42. The highest BCUT2D eigenvalue weighted by molar-refractivity contribution is 7.94. The van der Waals surface area contributed by atoms with Gasteiger partial charge in [0.2, 0.25) is 0 Å². The molecular weight excluding hydrogens is 480 g/mol. The number of carbonyl (C=O) groups excluding carboxylic acids is 1. The van der Waals surface area contributed by atoms with Crippen LogP contribution in [0.4, 0.5) is 11.4 Å². The summed E-state index contributed by atoms with van der Waals surface area (Å²) in [6, 6.07) is 11.9. The minimum Gasteiger partial charge on any atom is -0.278 e. The molecule has 14 heteroatoms. The van der Waals surface area contributed by atoms with Crippen molar-refractivity contribution >= 4 is 48.7 Å². The van der Waals surface area contributed by atoms with Gasteiger partial charge in [-0.1, -0.05) is 24.3 Å². The Hall–Kier alpha value is -3.33. The summed E-state index contributed by atoms with van der Waals surface area (Å²) in [6.45, 7) is 1.44. The van der Waals surface area contributed by atoms with E-state index in [0.29, 0.717) is 0 Å². The van der Waals surface area contributed by atoms with Crippen molar-refractivity contribution in [2.24, 2.45) is 0 Å². The molecule has 0 radical (unpaired) electrons. The second kappa shape index (κ2) is 9.04. The van der Waals surface area contributed by atoms with Gasteiger partial charge >= 0.3 is 0 Å². The van der Waals surface area contributed by atoms with Crippen LogP contribution in [0.3, 0.4) is 0 Å². The van der Waals surface area contributed by atoms with Crippen molar-refractivity contribution in [3.8, 4) is 0 Å². The maximum Gasteiger partial charge on any atom is 0.271 e. The average Bonchev–Trinajstić information content (AvgIpc) is 3.28. The van der Waals surface area contributed by atoms with Gasteiger partial charge in [-0.3, -0.25) is 25.1 Å². The Morgan fingerprint density at radius 1 is 1.00 bits per heavy atom. The standard InChI is InChI=1S/C18H16N4O7S3/c1-12-8-9-13(22(24)25)11-16(12)31(26,27)21-19-18(23)14-5-2-3-6-15(14)20-32(28,29)17-7-4-10-30-17/h2-11,20-21H,1H3,(H,19,23). The molecule has 0 aliphatic carbocycles. The lowest BCUT2D eigenvalue weighted by molar-refractivity contribution is -0.385. The van der Waals surface area contributed by atoms with Gasteiger partial charge in [-0.15, -0.1) is 16.2 Å². The van der Waals surface area contributed by atoms with Gasteiger partial charge < -0.3 is 0 Å². The van der Waals surface area contributed by atoms with Crippen LogP contribution in [-0.4, -0.2) is 27.7 Å². The van der Waals surface area contributed by atoms with E-state index in [1.54, 1.807) is 11.4 Å². The molecule has 1 amide bonds. The first-order valence-electron chi connectivity index (χ1n) is 8.74. The van der Waals surface area contributed by atoms with Crippen molar-refractivity contribution in [3.63, 3.8) is 0 Å². The van der Waals surface area contributed by atoms with Gasteiger partial charge in [-0.2, -0.15) is 0 Å². The molecule has 0 aliphatic heterocycles. The Kier molecular flexibility index (Phi) is 6.59. The molecule has 0 aliphatic rings. The number of sulfonamides is 2. The molecule has 0 atom stereocenters. The number of para-hydroxylation sites is 1. The number of carbonyl (C=O) groups is 1. The SMILES string of the molecule is Cc1ccc([N+](=O)[O-])cc1S(=O)(=O)NNC(=O)c1ccccc1NS(=O)(=O)c1cccs1. The summed E-state index contributed by atoms with van der Waals surface area (Å²) < 4.78 is 52.4. The van der Waals surface area contributed by atoms with Crippen LogP contribution in [0.15, 0.2) is 69.1 Å². The van der Waals surface area contributed by atoms with Gasteiger partial charge in [0.15, 0.2) is 0 Å². The highest BCUT2D eigenvalue weighted by atomic mass is 32.2. The van der Waals surface area contributed by atoms with Crippen molar-refractivity contribution < 1.29 is 26.6 Å². The number of anilines is 1. The van der Waals surface area contributed by atoms with E-state index >= 15 is 0 Å². The minimum atomic E-state index is -4.36. The van der Waals surface area contributed by atoms with Gasteiger partial charge in [0.1, 0.15) is 4.21 Å². The van der Waals surface area contributed by atoms with Gasteiger partial charge in [0.25, 0.3) is 31.6 Å². The largest absolute Gasteiger partial charge is 0.278 e. The number of hydrogen-bond donors (Lipinski definition) is 3. The molecule has 0 spiro atoms. The van der Waals surface area contributed by atoms with Crippen molar-refractivity contribution in [1.29, 1.82) is 0 Å². The lowest BCUT2D eigenvalue weighted by atomic mass is 10.2. The predicted molar refractivity (Wildman–Crippen MR) is 117 cm³/mol. The molecule has 1 heterocycles. The third kappa shape index (κ3) is 5.11. The summed E-state index contributed by atoms with van der Waals surface area (Å²) >= 11 is 0.988. The highest BCUT2D eigenvalue weighted by Gasteiger charge is 2.23. The number of benzene rings is 2. The number of rotatable bonds is 8. The van der Waals surface area contributed by atoms with Crippen LogP contribution < -0.4 is 15.0 Å².